The van der Waals surface area contributed by atoms with Crippen LogP contribution in [0.5, 0.6) is 0 Å². The molecule has 8 heteroatoms. The van der Waals surface area contributed by atoms with Crippen LogP contribution in [-0.2, 0) is 13.0 Å². The Balaban J connectivity index is 2.28. The lowest BCUT2D eigenvalue weighted by molar-refractivity contribution is -0.385. The Morgan fingerprint density at radius 1 is 1.53 bits per heavy atom. The second-order valence-electron chi connectivity index (χ2n) is 3.84. The third kappa shape index (κ3) is 2.79. The first-order chi connectivity index (χ1) is 9.01. The minimum absolute atomic E-state index is 0.332. The van der Waals surface area contributed by atoms with Crippen molar-refractivity contribution >= 4 is 23.0 Å². The molecule has 0 unspecified atom stereocenters. The molecule has 7 nitrogen and oxygen atoms in total. The fraction of sp³-hybridized carbons (Fsp3) is 0.273. The van der Waals surface area contributed by atoms with E-state index in [0.717, 1.165) is 17.5 Å². The first kappa shape index (κ1) is 13.2. The molecule has 0 amide bonds. The van der Waals surface area contributed by atoms with Crippen LogP contribution in [0.4, 0.5) is 5.69 Å². The van der Waals surface area contributed by atoms with Gasteiger partial charge in [0.15, 0.2) is 0 Å². The van der Waals surface area contributed by atoms with Gasteiger partial charge in [-0.05, 0) is 18.6 Å². The van der Waals surface area contributed by atoms with E-state index in [2.05, 4.69) is 5.10 Å². The maximum Gasteiger partial charge on any atom is 0.363 e. The normalized spacial score (nSPS) is 10.6. The summed E-state index contributed by atoms with van der Waals surface area (Å²) in [4.78, 5) is 23.0. The fourth-order valence-electron chi connectivity index (χ4n) is 1.63. The molecule has 0 saturated heterocycles. The Hall–Kier alpha value is -2.22. The minimum Gasteiger partial charge on any atom is -0.476 e. The molecule has 2 rings (SSSR count). The maximum atomic E-state index is 10.9. The number of nitrogens with zero attached hydrogens (tertiary/aromatic N) is 3. The molecule has 1 N–H and O–H groups in total. The first-order valence-electron chi connectivity index (χ1n) is 5.54. The van der Waals surface area contributed by atoms with Crippen molar-refractivity contribution in [3.63, 3.8) is 0 Å². The van der Waals surface area contributed by atoms with Gasteiger partial charge in [-0.2, -0.15) is 5.10 Å². The van der Waals surface area contributed by atoms with E-state index in [4.69, 9.17) is 5.11 Å². The Bertz CT molecular complexity index is 600. The zero-order valence-electron chi connectivity index (χ0n) is 10.1. The second-order valence-corrected chi connectivity index (χ2v) is 5.10. The van der Waals surface area contributed by atoms with E-state index in [-0.39, 0.29) is 0 Å². The molecule has 0 fully saturated rings. The number of thiophene rings is 1. The summed E-state index contributed by atoms with van der Waals surface area (Å²) in [5, 5.41) is 23.3. The molecule has 2 aromatic rings. The summed E-state index contributed by atoms with van der Waals surface area (Å²) in [6.07, 6.45) is 2.07. The SMILES string of the molecule is CCc1ccc(Cn2cc([N+](=O)[O-])c(C(=O)O)n2)s1. The molecule has 2 aromatic heterocycles. The minimum atomic E-state index is -1.40. The highest BCUT2D eigenvalue weighted by Crippen LogP contribution is 2.21. The summed E-state index contributed by atoms with van der Waals surface area (Å²) in [7, 11) is 0. The lowest BCUT2D eigenvalue weighted by atomic mass is 10.3. The topological polar surface area (TPSA) is 98.3 Å². The average molecular weight is 281 g/mol. The standard InChI is InChI=1S/C11H11N3O4S/c1-2-7-3-4-8(19-7)5-13-6-9(14(17)18)10(12-13)11(15)16/h3-4,6H,2,5H2,1H3,(H,15,16). The van der Waals surface area contributed by atoms with Crippen LogP contribution >= 0.6 is 11.3 Å². The van der Waals surface area contributed by atoms with Crippen LogP contribution in [0, 0.1) is 10.1 Å². The summed E-state index contributed by atoms with van der Waals surface area (Å²) in [5.41, 5.74) is -1.02. The van der Waals surface area contributed by atoms with E-state index in [1.165, 1.54) is 9.56 Å². The van der Waals surface area contributed by atoms with Crippen molar-refractivity contribution in [1.82, 2.24) is 9.78 Å². The van der Waals surface area contributed by atoms with Crippen molar-refractivity contribution in [1.29, 1.82) is 0 Å². The van der Waals surface area contributed by atoms with Crippen LogP contribution in [0.2, 0.25) is 0 Å². The van der Waals surface area contributed by atoms with Crippen molar-refractivity contribution in [2.45, 2.75) is 19.9 Å². The summed E-state index contributed by atoms with van der Waals surface area (Å²) in [6, 6.07) is 3.90. The highest BCUT2D eigenvalue weighted by molar-refractivity contribution is 7.11. The zero-order valence-corrected chi connectivity index (χ0v) is 10.9. The van der Waals surface area contributed by atoms with E-state index in [1.54, 1.807) is 11.3 Å². The van der Waals surface area contributed by atoms with Gasteiger partial charge in [-0.15, -0.1) is 11.3 Å². The van der Waals surface area contributed by atoms with Gasteiger partial charge in [0.1, 0.15) is 6.20 Å². The molecule has 0 aliphatic rings. The molecule has 0 aromatic carbocycles. The third-order valence-corrected chi connectivity index (χ3v) is 3.74. The number of carboxylic acids is 1. The van der Waals surface area contributed by atoms with E-state index in [9.17, 15) is 14.9 Å². The molecule has 0 saturated carbocycles. The number of nitro groups is 1. The van der Waals surface area contributed by atoms with Crippen molar-refractivity contribution in [2.24, 2.45) is 0 Å². The van der Waals surface area contributed by atoms with Gasteiger partial charge >= 0.3 is 11.7 Å². The smallest absolute Gasteiger partial charge is 0.363 e. The van der Waals surface area contributed by atoms with E-state index >= 15 is 0 Å². The molecule has 0 bridgehead atoms. The van der Waals surface area contributed by atoms with Crippen LogP contribution in [-0.4, -0.2) is 25.8 Å². The highest BCUT2D eigenvalue weighted by Gasteiger charge is 2.25. The number of aryl methyl sites for hydroxylation is 1. The number of aromatic nitrogens is 2. The molecule has 0 aliphatic carbocycles. The molecular weight excluding hydrogens is 270 g/mol. The largest absolute Gasteiger partial charge is 0.476 e. The average Bonchev–Trinajstić information content (AvgIpc) is 2.96. The van der Waals surface area contributed by atoms with Crippen LogP contribution in [0.15, 0.2) is 18.3 Å². The van der Waals surface area contributed by atoms with Gasteiger partial charge in [-0.25, -0.2) is 4.79 Å². The Morgan fingerprint density at radius 2 is 2.21 bits per heavy atom. The molecule has 100 valence electrons. The van der Waals surface area contributed by atoms with Gasteiger partial charge in [0, 0.05) is 9.75 Å². The molecule has 2 heterocycles. The Morgan fingerprint density at radius 3 is 2.68 bits per heavy atom. The molecule has 0 aliphatic heterocycles. The predicted molar refractivity (Wildman–Crippen MR) is 68.6 cm³/mol. The summed E-state index contributed by atoms with van der Waals surface area (Å²) in [5.74, 6) is -1.40. The van der Waals surface area contributed by atoms with E-state index < -0.39 is 22.3 Å². The van der Waals surface area contributed by atoms with E-state index in [1.807, 2.05) is 19.1 Å². The number of carboxylic acid groups (broad SMARTS) is 1. The van der Waals surface area contributed by atoms with Crippen LogP contribution < -0.4 is 0 Å². The van der Waals surface area contributed by atoms with Crippen molar-refractivity contribution in [3.8, 4) is 0 Å². The van der Waals surface area contributed by atoms with Crippen molar-refractivity contribution < 1.29 is 14.8 Å². The first-order valence-corrected chi connectivity index (χ1v) is 6.35. The Labute approximate surface area is 112 Å². The summed E-state index contributed by atoms with van der Waals surface area (Å²) < 4.78 is 1.28. The van der Waals surface area contributed by atoms with Gasteiger partial charge < -0.3 is 5.11 Å². The summed E-state index contributed by atoms with van der Waals surface area (Å²) >= 11 is 1.58. The third-order valence-electron chi connectivity index (χ3n) is 2.53. The zero-order chi connectivity index (χ0) is 14.0. The monoisotopic (exact) mass is 281 g/mol. The maximum absolute atomic E-state index is 10.9. The van der Waals surface area contributed by atoms with Crippen molar-refractivity contribution in [2.75, 3.05) is 0 Å². The molecule has 0 atom stereocenters. The van der Waals surface area contributed by atoms with Gasteiger partial charge in [-0.1, -0.05) is 6.92 Å². The second kappa shape index (κ2) is 5.19. The van der Waals surface area contributed by atoms with Crippen LogP contribution in [0.1, 0.15) is 27.2 Å². The number of aromatic carboxylic acids is 1. The number of rotatable bonds is 5. The predicted octanol–water partition coefficient (Wildman–Crippen LogP) is 2.16. The molecule has 0 radical (unpaired) electrons. The lowest BCUT2D eigenvalue weighted by Crippen LogP contribution is -2.03. The van der Waals surface area contributed by atoms with Crippen molar-refractivity contribution in [3.05, 3.63) is 43.9 Å². The number of carbonyl (C=O) groups is 1. The lowest BCUT2D eigenvalue weighted by Gasteiger charge is -1.96. The quantitative estimate of drug-likeness (QED) is 0.669. The highest BCUT2D eigenvalue weighted by atomic mass is 32.1. The number of hydrogen-bond acceptors (Lipinski definition) is 5. The molecule has 19 heavy (non-hydrogen) atoms. The fourth-order valence-corrected chi connectivity index (χ4v) is 2.58. The van der Waals surface area contributed by atoms with E-state index in [0.29, 0.717) is 6.54 Å². The summed E-state index contributed by atoms with van der Waals surface area (Å²) in [6.45, 7) is 2.37. The number of hydrogen-bond donors (Lipinski definition) is 1. The van der Waals surface area contributed by atoms with Crippen LogP contribution in [0.3, 0.4) is 0 Å². The molecule has 0 spiro atoms. The molecular formula is C11H11N3O4S. The van der Waals surface area contributed by atoms with Gasteiger partial charge in [0.25, 0.3) is 0 Å². The van der Waals surface area contributed by atoms with Gasteiger partial charge in [0.05, 0.1) is 11.5 Å². The Kier molecular flexibility index (Phi) is 3.61. The van der Waals surface area contributed by atoms with Gasteiger partial charge in [0.2, 0.25) is 5.69 Å². The van der Waals surface area contributed by atoms with Crippen LogP contribution in [0.25, 0.3) is 0 Å². The van der Waals surface area contributed by atoms with Gasteiger partial charge in [-0.3, -0.25) is 14.8 Å².